The molecule has 5 heteroatoms. The van der Waals surface area contributed by atoms with Crippen LogP contribution in [0.4, 0.5) is 0 Å². The molecule has 1 aliphatic heterocycles. The van der Waals surface area contributed by atoms with Gasteiger partial charge < -0.3 is 16.3 Å². The quantitative estimate of drug-likeness (QED) is 0.289. The van der Waals surface area contributed by atoms with Crippen LogP contribution in [0.5, 0.6) is 0 Å². The fraction of sp³-hybridized carbons (Fsp3) is 0.900. The van der Waals surface area contributed by atoms with Crippen molar-refractivity contribution in [3.05, 3.63) is 0 Å². The normalized spacial score (nSPS) is 29.3. The highest BCUT2D eigenvalue weighted by Crippen LogP contribution is 2.37. The first-order chi connectivity index (χ1) is 7.06. The van der Waals surface area contributed by atoms with E-state index in [2.05, 4.69) is 24.3 Å². The van der Waals surface area contributed by atoms with Gasteiger partial charge in [0.15, 0.2) is 0 Å². The molecule has 1 saturated heterocycles. The van der Waals surface area contributed by atoms with Gasteiger partial charge in [0.05, 0.1) is 0 Å². The molecule has 2 unspecified atom stereocenters. The number of hydrogen-bond donors (Lipinski definition) is 3. The Kier molecular flexibility index (Phi) is 4.73. The van der Waals surface area contributed by atoms with Crippen LogP contribution in [0.25, 0.3) is 0 Å². The molecule has 0 aliphatic carbocycles. The summed E-state index contributed by atoms with van der Waals surface area (Å²) in [6.45, 7) is 5.35. The Labute approximate surface area is 95.7 Å². The van der Waals surface area contributed by atoms with Gasteiger partial charge in [-0.3, -0.25) is 0 Å². The predicted octanol–water partition coefficient (Wildman–Crippen LogP) is 1.39. The molecule has 4 N–H and O–H groups in total. The average Bonchev–Trinajstić information content (AvgIpc) is 2.63. The summed E-state index contributed by atoms with van der Waals surface area (Å²) in [5, 5.41) is 14.9. The van der Waals surface area contributed by atoms with Crippen LogP contribution in [0.2, 0.25) is 0 Å². The highest BCUT2D eigenvalue weighted by Gasteiger charge is 2.29. The second kappa shape index (κ2) is 5.61. The summed E-state index contributed by atoms with van der Waals surface area (Å²) in [6, 6.07) is 0.263. The van der Waals surface area contributed by atoms with E-state index in [-0.39, 0.29) is 6.04 Å². The molecule has 0 aromatic carbocycles. The third-order valence-electron chi connectivity index (χ3n) is 2.77. The van der Waals surface area contributed by atoms with E-state index >= 15 is 0 Å². The van der Waals surface area contributed by atoms with Gasteiger partial charge >= 0.3 is 0 Å². The lowest BCUT2D eigenvalue weighted by Crippen LogP contribution is -2.39. The summed E-state index contributed by atoms with van der Waals surface area (Å²) in [5.41, 5.74) is 5.45. The Hall–Kier alpha value is -0.420. The molecule has 2 atom stereocenters. The first-order valence-corrected chi connectivity index (χ1v) is 6.38. The summed E-state index contributed by atoms with van der Waals surface area (Å²) in [6.07, 6.45) is 3.19. The maximum Gasteiger partial charge on any atom is 0.140 e. The summed E-state index contributed by atoms with van der Waals surface area (Å²) < 4.78 is 0.374. The van der Waals surface area contributed by atoms with Crippen molar-refractivity contribution in [3.8, 4) is 0 Å². The zero-order chi connectivity index (χ0) is 11.3. The van der Waals surface area contributed by atoms with E-state index in [1.54, 1.807) is 0 Å². The zero-order valence-corrected chi connectivity index (χ0v) is 10.3. The molecule has 0 saturated carbocycles. The van der Waals surface area contributed by atoms with E-state index in [1.807, 2.05) is 11.8 Å². The van der Waals surface area contributed by atoms with Crippen molar-refractivity contribution in [2.75, 3.05) is 12.3 Å². The monoisotopic (exact) mass is 231 g/mol. The fourth-order valence-electron chi connectivity index (χ4n) is 1.79. The molecule has 1 rings (SSSR count). The summed E-state index contributed by atoms with van der Waals surface area (Å²) in [4.78, 5) is 0. The number of nitrogens with zero attached hydrogens (tertiary/aromatic N) is 1. The van der Waals surface area contributed by atoms with Crippen LogP contribution in [0, 0.1) is 0 Å². The summed E-state index contributed by atoms with van der Waals surface area (Å²) in [7, 11) is 0. The third kappa shape index (κ3) is 4.30. The third-order valence-corrected chi connectivity index (χ3v) is 4.31. The number of thioether (sulfide) groups is 1. The lowest BCUT2D eigenvalue weighted by Gasteiger charge is -2.25. The Balaban J connectivity index is 2.24. The van der Waals surface area contributed by atoms with Crippen LogP contribution in [-0.4, -0.2) is 34.1 Å². The lowest BCUT2D eigenvalue weighted by molar-refractivity contribution is 0.315. The number of rotatable bonds is 5. The van der Waals surface area contributed by atoms with E-state index in [0.29, 0.717) is 17.0 Å². The lowest BCUT2D eigenvalue weighted by atomic mass is 10.1. The van der Waals surface area contributed by atoms with Gasteiger partial charge in [0.2, 0.25) is 0 Å². The van der Waals surface area contributed by atoms with Gasteiger partial charge in [-0.15, -0.1) is 0 Å². The van der Waals surface area contributed by atoms with Gasteiger partial charge in [-0.1, -0.05) is 5.16 Å². The van der Waals surface area contributed by atoms with E-state index in [4.69, 9.17) is 10.9 Å². The molecule has 1 fully saturated rings. The molecule has 0 aromatic heterocycles. The fourth-order valence-corrected chi connectivity index (χ4v) is 3.05. The molecule has 0 bridgehead atoms. The number of nitrogens with one attached hydrogen (secondary N) is 1. The first-order valence-electron chi connectivity index (χ1n) is 5.39. The molecule has 0 radical (unpaired) electrons. The standard InChI is InChI=1S/C10H21N3OS/c1-8(6-9(11)13-14)12-7-10(2)4-3-5-15-10/h8,12,14H,3-7H2,1-2H3,(H2,11,13). The van der Waals surface area contributed by atoms with Crippen LogP contribution in [-0.2, 0) is 0 Å². The zero-order valence-electron chi connectivity index (χ0n) is 9.49. The minimum absolute atomic E-state index is 0.263. The van der Waals surface area contributed by atoms with Crippen LogP contribution < -0.4 is 11.1 Å². The SMILES string of the molecule is CC(CC(N)=NO)NCC1(C)CCCS1. The Bertz CT molecular complexity index is 227. The molecule has 0 spiro atoms. The van der Waals surface area contributed by atoms with Crippen molar-refractivity contribution in [2.45, 2.75) is 43.9 Å². The summed E-state index contributed by atoms with van der Waals surface area (Å²) >= 11 is 2.04. The van der Waals surface area contributed by atoms with Crippen LogP contribution in [0.3, 0.4) is 0 Å². The van der Waals surface area contributed by atoms with Crippen molar-refractivity contribution in [3.63, 3.8) is 0 Å². The van der Waals surface area contributed by atoms with E-state index in [0.717, 1.165) is 6.54 Å². The molecule has 1 aliphatic rings. The van der Waals surface area contributed by atoms with E-state index < -0.39 is 0 Å². The highest BCUT2D eigenvalue weighted by molar-refractivity contribution is 8.00. The largest absolute Gasteiger partial charge is 0.409 e. The van der Waals surface area contributed by atoms with Crippen molar-refractivity contribution in [2.24, 2.45) is 10.9 Å². The number of oxime groups is 1. The first kappa shape index (κ1) is 12.6. The molecule has 4 nitrogen and oxygen atoms in total. The number of nitrogens with two attached hydrogens (primary N) is 1. The minimum Gasteiger partial charge on any atom is -0.409 e. The minimum atomic E-state index is 0.263. The molecular formula is C10H21N3OS. The maximum absolute atomic E-state index is 8.45. The predicted molar refractivity (Wildman–Crippen MR) is 65.6 cm³/mol. The van der Waals surface area contributed by atoms with Crippen molar-refractivity contribution < 1.29 is 5.21 Å². The molecular weight excluding hydrogens is 210 g/mol. The van der Waals surface area contributed by atoms with Crippen molar-refractivity contribution >= 4 is 17.6 Å². The molecule has 1 heterocycles. The topological polar surface area (TPSA) is 70.6 Å². The van der Waals surface area contributed by atoms with Gasteiger partial charge in [-0.05, 0) is 32.4 Å². The van der Waals surface area contributed by atoms with Gasteiger partial charge in [0, 0.05) is 23.8 Å². The van der Waals surface area contributed by atoms with Crippen LogP contribution in [0.1, 0.15) is 33.1 Å². The maximum atomic E-state index is 8.45. The van der Waals surface area contributed by atoms with E-state index in [9.17, 15) is 0 Å². The Morgan fingerprint density at radius 2 is 2.47 bits per heavy atom. The average molecular weight is 231 g/mol. The second-order valence-corrected chi connectivity index (χ2v) is 6.16. The van der Waals surface area contributed by atoms with E-state index in [1.165, 1.54) is 18.6 Å². The highest BCUT2D eigenvalue weighted by atomic mass is 32.2. The number of amidine groups is 1. The van der Waals surface area contributed by atoms with Gasteiger partial charge in [0.25, 0.3) is 0 Å². The van der Waals surface area contributed by atoms with Crippen molar-refractivity contribution in [1.82, 2.24) is 5.32 Å². The Morgan fingerprint density at radius 3 is 3.00 bits per heavy atom. The summed E-state index contributed by atoms with van der Waals surface area (Å²) in [5.74, 6) is 1.56. The molecule has 0 aromatic rings. The van der Waals surface area contributed by atoms with Crippen molar-refractivity contribution in [1.29, 1.82) is 0 Å². The Morgan fingerprint density at radius 1 is 1.73 bits per heavy atom. The van der Waals surface area contributed by atoms with Gasteiger partial charge in [-0.25, -0.2) is 0 Å². The molecule has 88 valence electrons. The number of hydrogen-bond acceptors (Lipinski definition) is 4. The molecule has 0 amide bonds. The van der Waals surface area contributed by atoms with Crippen LogP contribution >= 0.6 is 11.8 Å². The molecule has 15 heavy (non-hydrogen) atoms. The smallest absolute Gasteiger partial charge is 0.140 e. The van der Waals surface area contributed by atoms with Gasteiger partial charge in [-0.2, -0.15) is 11.8 Å². The second-order valence-electron chi connectivity index (χ2n) is 4.48. The van der Waals surface area contributed by atoms with Gasteiger partial charge in [0.1, 0.15) is 5.84 Å². The van der Waals surface area contributed by atoms with Crippen LogP contribution in [0.15, 0.2) is 5.16 Å².